The van der Waals surface area contributed by atoms with Crippen LogP contribution in [0.2, 0.25) is 10.0 Å². The molecule has 104 valence electrons. The number of amides is 1. The average molecular weight is 312 g/mol. The Balaban J connectivity index is 2.30. The van der Waals surface area contributed by atoms with Gasteiger partial charge in [0, 0.05) is 5.69 Å². The highest BCUT2D eigenvalue weighted by Crippen LogP contribution is 2.34. The Kier molecular flexibility index (Phi) is 4.11. The van der Waals surface area contributed by atoms with Crippen molar-refractivity contribution in [3.8, 4) is 5.75 Å². The second-order valence-corrected chi connectivity index (χ2v) is 5.04. The van der Waals surface area contributed by atoms with Crippen LogP contribution in [0.3, 0.4) is 0 Å². The lowest BCUT2D eigenvalue weighted by Gasteiger charge is -2.09. The van der Waals surface area contributed by atoms with Crippen molar-refractivity contribution in [2.75, 3.05) is 5.32 Å². The fourth-order valence-electron chi connectivity index (χ4n) is 1.62. The molecule has 1 amide bonds. The van der Waals surface area contributed by atoms with Crippen molar-refractivity contribution >= 4 is 34.8 Å². The van der Waals surface area contributed by atoms with Crippen LogP contribution in [-0.4, -0.2) is 21.2 Å². The zero-order chi connectivity index (χ0) is 14.9. The van der Waals surface area contributed by atoms with Crippen molar-refractivity contribution in [1.29, 1.82) is 0 Å². The number of halogens is 2. The van der Waals surface area contributed by atoms with E-state index in [1.807, 2.05) is 0 Å². The van der Waals surface area contributed by atoms with Crippen LogP contribution in [0.1, 0.15) is 21.7 Å². The highest BCUT2D eigenvalue weighted by atomic mass is 35.5. The van der Waals surface area contributed by atoms with Gasteiger partial charge in [0.25, 0.3) is 5.91 Å². The first-order valence-electron chi connectivity index (χ1n) is 5.68. The second-order valence-electron chi connectivity index (χ2n) is 4.23. The SMILES string of the molecule is Cc1cc(C(=O)Nc2cc(Cl)c(O)c(Cl)c2)c(C)nn1. The van der Waals surface area contributed by atoms with Crippen LogP contribution in [0.15, 0.2) is 18.2 Å². The maximum absolute atomic E-state index is 12.2. The maximum atomic E-state index is 12.2. The Morgan fingerprint density at radius 1 is 1.15 bits per heavy atom. The summed E-state index contributed by atoms with van der Waals surface area (Å²) >= 11 is 11.6. The highest BCUT2D eigenvalue weighted by molar-refractivity contribution is 6.37. The van der Waals surface area contributed by atoms with Crippen LogP contribution < -0.4 is 5.32 Å². The number of benzene rings is 1. The highest BCUT2D eigenvalue weighted by Gasteiger charge is 2.13. The molecule has 2 N–H and O–H groups in total. The summed E-state index contributed by atoms with van der Waals surface area (Å²) in [6, 6.07) is 4.47. The number of phenols is 1. The molecule has 0 bridgehead atoms. The number of nitrogens with zero attached hydrogens (tertiary/aromatic N) is 2. The maximum Gasteiger partial charge on any atom is 0.257 e. The van der Waals surface area contributed by atoms with Crippen LogP contribution in [0.4, 0.5) is 5.69 Å². The summed E-state index contributed by atoms with van der Waals surface area (Å²) in [7, 11) is 0. The molecule has 5 nitrogen and oxygen atoms in total. The number of aromatic hydroxyl groups is 1. The molecule has 1 heterocycles. The Morgan fingerprint density at radius 3 is 2.35 bits per heavy atom. The first-order valence-corrected chi connectivity index (χ1v) is 6.44. The quantitative estimate of drug-likeness (QED) is 0.834. The number of phenolic OH excluding ortho intramolecular Hbond substituents is 1. The zero-order valence-electron chi connectivity index (χ0n) is 10.7. The number of hydrogen-bond acceptors (Lipinski definition) is 4. The number of hydrogen-bond donors (Lipinski definition) is 2. The van der Waals surface area contributed by atoms with Crippen molar-refractivity contribution in [1.82, 2.24) is 10.2 Å². The largest absolute Gasteiger partial charge is 0.505 e. The van der Waals surface area contributed by atoms with Gasteiger partial charge in [0.15, 0.2) is 5.75 Å². The van der Waals surface area contributed by atoms with E-state index in [4.69, 9.17) is 23.2 Å². The van der Waals surface area contributed by atoms with Crippen LogP contribution in [0.5, 0.6) is 5.75 Å². The smallest absolute Gasteiger partial charge is 0.257 e. The molecule has 0 aliphatic heterocycles. The summed E-state index contributed by atoms with van der Waals surface area (Å²) in [5.74, 6) is -0.567. The normalized spacial score (nSPS) is 10.4. The van der Waals surface area contributed by atoms with Crippen LogP contribution in [0.25, 0.3) is 0 Å². The fraction of sp³-hybridized carbons (Fsp3) is 0.154. The molecule has 0 saturated heterocycles. The third kappa shape index (κ3) is 3.00. The molecule has 2 rings (SSSR count). The minimum Gasteiger partial charge on any atom is -0.505 e. The first-order chi connectivity index (χ1) is 9.38. The summed E-state index contributed by atoms with van der Waals surface area (Å²) in [6.45, 7) is 3.44. The van der Waals surface area contributed by atoms with Gasteiger partial charge in [0.05, 0.1) is 27.0 Å². The van der Waals surface area contributed by atoms with Gasteiger partial charge in [0.1, 0.15) is 0 Å². The van der Waals surface area contributed by atoms with E-state index in [-0.39, 0.29) is 21.7 Å². The van der Waals surface area contributed by atoms with E-state index in [1.54, 1.807) is 19.9 Å². The van der Waals surface area contributed by atoms with Gasteiger partial charge in [-0.2, -0.15) is 10.2 Å². The monoisotopic (exact) mass is 311 g/mol. The Morgan fingerprint density at radius 2 is 1.75 bits per heavy atom. The number of aryl methyl sites for hydroxylation is 2. The number of carbonyl (C=O) groups excluding carboxylic acids is 1. The van der Waals surface area contributed by atoms with Crippen LogP contribution in [-0.2, 0) is 0 Å². The molecule has 20 heavy (non-hydrogen) atoms. The molecule has 0 saturated carbocycles. The van der Waals surface area contributed by atoms with Crippen molar-refractivity contribution in [2.24, 2.45) is 0 Å². The molecule has 1 aromatic heterocycles. The minimum atomic E-state index is -0.349. The Bertz CT molecular complexity index is 666. The van der Waals surface area contributed by atoms with Crippen molar-refractivity contribution in [3.63, 3.8) is 0 Å². The summed E-state index contributed by atoms with van der Waals surface area (Å²) < 4.78 is 0. The lowest BCUT2D eigenvalue weighted by Crippen LogP contribution is -2.15. The molecule has 0 spiro atoms. The molecule has 0 radical (unpaired) electrons. The summed E-state index contributed by atoms with van der Waals surface area (Å²) in [6.07, 6.45) is 0. The van der Waals surface area contributed by atoms with Crippen LogP contribution >= 0.6 is 23.2 Å². The van der Waals surface area contributed by atoms with Gasteiger partial charge in [-0.15, -0.1) is 0 Å². The third-order valence-electron chi connectivity index (χ3n) is 2.62. The zero-order valence-corrected chi connectivity index (χ0v) is 12.2. The molecule has 0 unspecified atom stereocenters. The molecule has 0 fully saturated rings. The standard InChI is InChI=1S/C13H11Cl2N3O2/c1-6-3-9(7(2)18-17-6)13(20)16-8-4-10(14)12(19)11(15)5-8/h3-5,19H,1-2H3,(H,16,20). The van der Waals surface area contributed by atoms with E-state index < -0.39 is 0 Å². The summed E-state index contributed by atoms with van der Waals surface area (Å²) in [5, 5.41) is 20.0. The first kappa shape index (κ1) is 14.6. The van der Waals surface area contributed by atoms with Crippen LogP contribution in [0, 0.1) is 13.8 Å². The minimum absolute atomic E-state index is 0.0635. The summed E-state index contributed by atoms with van der Waals surface area (Å²) in [4.78, 5) is 12.2. The number of anilines is 1. The van der Waals surface area contributed by atoms with Crippen molar-refractivity contribution in [3.05, 3.63) is 45.2 Å². The third-order valence-corrected chi connectivity index (χ3v) is 3.20. The lowest BCUT2D eigenvalue weighted by atomic mass is 10.2. The number of aromatic nitrogens is 2. The predicted octanol–water partition coefficient (Wildman–Crippen LogP) is 3.36. The molecule has 7 heteroatoms. The molecule has 1 aromatic carbocycles. The van der Waals surface area contributed by atoms with Gasteiger partial charge in [-0.3, -0.25) is 4.79 Å². The molecule has 0 aliphatic rings. The van der Waals surface area contributed by atoms with Gasteiger partial charge in [-0.1, -0.05) is 23.2 Å². The Labute approximate surface area is 125 Å². The van der Waals surface area contributed by atoms with Gasteiger partial charge >= 0.3 is 0 Å². The fourth-order valence-corrected chi connectivity index (χ4v) is 2.10. The topological polar surface area (TPSA) is 75.1 Å². The van der Waals surface area contributed by atoms with Gasteiger partial charge in [-0.25, -0.2) is 0 Å². The van der Waals surface area contributed by atoms with E-state index >= 15 is 0 Å². The van der Waals surface area contributed by atoms with Gasteiger partial charge in [-0.05, 0) is 32.0 Å². The molecular weight excluding hydrogens is 301 g/mol. The molecule has 0 atom stereocenters. The second kappa shape index (κ2) is 5.64. The number of nitrogens with one attached hydrogen (secondary N) is 1. The van der Waals surface area contributed by atoms with E-state index in [1.165, 1.54) is 12.1 Å². The van der Waals surface area contributed by atoms with E-state index in [9.17, 15) is 9.90 Å². The van der Waals surface area contributed by atoms with E-state index in [0.29, 0.717) is 22.6 Å². The van der Waals surface area contributed by atoms with Gasteiger partial charge in [0.2, 0.25) is 0 Å². The summed E-state index contributed by atoms with van der Waals surface area (Å²) in [5.41, 5.74) is 1.96. The molecular formula is C13H11Cl2N3O2. The Hall–Kier alpha value is -1.85. The van der Waals surface area contributed by atoms with Gasteiger partial charge < -0.3 is 10.4 Å². The van der Waals surface area contributed by atoms with E-state index in [0.717, 1.165) is 0 Å². The lowest BCUT2D eigenvalue weighted by molar-refractivity contribution is 0.102. The molecule has 2 aromatic rings. The van der Waals surface area contributed by atoms with Crippen molar-refractivity contribution < 1.29 is 9.90 Å². The van der Waals surface area contributed by atoms with E-state index in [2.05, 4.69) is 15.5 Å². The average Bonchev–Trinajstić information content (AvgIpc) is 2.38. The molecule has 0 aliphatic carbocycles. The van der Waals surface area contributed by atoms with Crippen molar-refractivity contribution in [2.45, 2.75) is 13.8 Å². The predicted molar refractivity (Wildman–Crippen MR) is 77.6 cm³/mol. The number of rotatable bonds is 2. The number of carbonyl (C=O) groups is 1.